The topological polar surface area (TPSA) is 90.9 Å². The molecule has 2 aromatic heterocycles. The molecule has 26 heavy (non-hydrogen) atoms. The Labute approximate surface area is 154 Å². The smallest absolute Gasteiger partial charge is 0.270 e. The molecule has 2 heterocycles. The molecule has 0 saturated carbocycles. The van der Waals surface area contributed by atoms with E-state index in [9.17, 15) is 8.42 Å². The molecule has 2 aromatic carbocycles. The fraction of sp³-hybridized carbons (Fsp3) is 0. The molecule has 0 atom stereocenters. The first-order chi connectivity index (χ1) is 12.5. The van der Waals surface area contributed by atoms with Crippen LogP contribution in [0.1, 0.15) is 0 Å². The number of rotatable bonds is 3. The second kappa shape index (κ2) is 6.12. The van der Waals surface area contributed by atoms with Gasteiger partial charge in [0.15, 0.2) is 5.65 Å². The van der Waals surface area contributed by atoms with Crippen molar-refractivity contribution in [3.05, 3.63) is 72.1 Å². The molecule has 0 aliphatic rings. The zero-order chi connectivity index (χ0) is 18.3. The lowest BCUT2D eigenvalue weighted by Gasteiger charge is -2.08. The molecule has 0 aliphatic heterocycles. The van der Waals surface area contributed by atoms with E-state index < -0.39 is 10.0 Å². The molecule has 0 bridgehead atoms. The normalized spacial score (nSPS) is 11.7. The predicted octanol–water partition coefficient (Wildman–Crippen LogP) is 3.57. The van der Waals surface area contributed by atoms with Gasteiger partial charge in [-0.05, 0) is 30.3 Å². The Morgan fingerprint density at radius 3 is 2.35 bits per heavy atom. The second-order valence-corrected chi connectivity index (χ2v) is 7.81. The summed E-state index contributed by atoms with van der Waals surface area (Å²) in [6.45, 7) is 0. The van der Waals surface area contributed by atoms with Crippen molar-refractivity contribution in [2.45, 2.75) is 4.90 Å². The van der Waals surface area contributed by atoms with Gasteiger partial charge in [0, 0.05) is 16.6 Å². The summed E-state index contributed by atoms with van der Waals surface area (Å²) in [7, 11) is -3.88. The minimum Gasteiger partial charge on any atom is -0.399 e. The van der Waals surface area contributed by atoms with Crippen molar-refractivity contribution in [3.8, 4) is 11.3 Å². The van der Waals surface area contributed by atoms with E-state index in [4.69, 9.17) is 17.3 Å². The van der Waals surface area contributed by atoms with Crippen LogP contribution in [-0.2, 0) is 10.0 Å². The first kappa shape index (κ1) is 16.6. The molecule has 0 saturated heterocycles. The summed E-state index contributed by atoms with van der Waals surface area (Å²) in [6.07, 6.45) is 1.32. The third-order valence-electron chi connectivity index (χ3n) is 3.98. The van der Waals surface area contributed by atoms with Gasteiger partial charge in [0.05, 0.1) is 10.6 Å². The summed E-state index contributed by atoms with van der Waals surface area (Å²) in [4.78, 5) is 8.59. The Bertz CT molecular complexity index is 1200. The van der Waals surface area contributed by atoms with Crippen molar-refractivity contribution < 1.29 is 8.42 Å². The fourth-order valence-electron chi connectivity index (χ4n) is 2.76. The van der Waals surface area contributed by atoms with E-state index in [1.54, 1.807) is 36.4 Å². The Balaban J connectivity index is 1.98. The van der Waals surface area contributed by atoms with Gasteiger partial charge in [-0.2, -0.15) is 0 Å². The van der Waals surface area contributed by atoms with E-state index in [2.05, 4.69) is 9.97 Å². The van der Waals surface area contributed by atoms with Crippen LogP contribution in [0.25, 0.3) is 22.3 Å². The maximum absolute atomic E-state index is 13.0. The largest absolute Gasteiger partial charge is 0.399 e. The van der Waals surface area contributed by atoms with Gasteiger partial charge in [0.1, 0.15) is 11.5 Å². The van der Waals surface area contributed by atoms with E-state index in [1.165, 1.54) is 18.5 Å². The second-order valence-electron chi connectivity index (χ2n) is 5.63. The van der Waals surface area contributed by atoms with Crippen molar-refractivity contribution >= 4 is 38.3 Å². The molecule has 0 amide bonds. The number of nitrogens with two attached hydrogens (primary N) is 1. The van der Waals surface area contributed by atoms with Gasteiger partial charge < -0.3 is 5.73 Å². The zero-order valence-electron chi connectivity index (χ0n) is 13.4. The van der Waals surface area contributed by atoms with E-state index in [0.29, 0.717) is 16.8 Å². The molecular formula is C18H13ClN4O2S. The Kier molecular flexibility index (Phi) is 3.90. The van der Waals surface area contributed by atoms with Gasteiger partial charge in [-0.15, -0.1) is 0 Å². The van der Waals surface area contributed by atoms with Gasteiger partial charge in [0.25, 0.3) is 10.0 Å². The van der Waals surface area contributed by atoms with Crippen molar-refractivity contribution in [2.24, 2.45) is 0 Å². The monoisotopic (exact) mass is 384 g/mol. The Morgan fingerprint density at radius 2 is 1.65 bits per heavy atom. The number of nitrogen functional groups attached to an aromatic ring is 1. The molecule has 6 nitrogen and oxygen atoms in total. The van der Waals surface area contributed by atoms with E-state index >= 15 is 0 Å². The lowest BCUT2D eigenvalue weighted by molar-refractivity contribution is 0.589. The molecule has 0 spiro atoms. The molecule has 2 N–H and O–H groups in total. The summed E-state index contributed by atoms with van der Waals surface area (Å²) >= 11 is 6.28. The van der Waals surface area contributed by atoms with Crippen molar-refractivity contribution in [1.82, 2.24) is 13.9 Å². The molecule has 4 aromatic rings. The lowest BCUT2D eigenvalue weighted by atomic mass is 10.1. The Hall–Kier alpha value is -2.90. The highest BCUT2D eigenvalue weighted by Gasteiger charge is 2.24. The summed E-state index contributed by atoms with van der Waals surface area (Å²) in [5, 5.41) is 0.586. The number of hydrogen-bond donors (Lipinski definition) is 1. The lowest BCUT2D eigenvalue weighted by Crippen LogP contribution is -2.13. The molecule has 0 fully saturated rings. The summed E-state index contributed by atoms with van der Waals surface area (Å²) in [5.74, 6) is 0. The van der Waals surface area contributed by atoms with Crippen LogP contribution >= 0.6 is 11.6 Å². The van der Waals surface area contributed by atoms with Crippen LogP contribution in [0.2, 0.25) is 5.15 Å². The van der Waals surface area contributed by atoms with Crippen molar-refractivity contribution in [2.75, 3.05) is 5.73 Å². The van der Waals surface area contributed by atoms with Crippen LogP contribution in [-0.4, -0.2) is 22.4 Å². The van der Waals surface area contributed by atoms with Crippen LogP contribution in [0.3, 0.4) is 0 Å². The van der Waals surface area contributed by atoms with Crippen LogP contribution < -0.4 is 5.73 Å². The van der Waals surface area contributed by atoms with Crippen LogP contribution in [0.4, 0.5) is 5.69 Å². The number of fused-ring (bicyclic) bond motifs is 1. The molecule has 4 rings (SSSR count). The van der Waals surface area contributed by atoms with Crippen LogP contribution in [0.5, 0.6) is 0 Å². The third kappa shape index (κ3) is 2.61. The maximum atomic E-state index is 13.0. The first-order valence-electron chi connectivity index (χ1n) is 7.67. The van der Waals surface area contributed by atoms with E-state index in [1.807, 2.05) is 12.1 Å². The minimum atomic E-state index is -3.88. The van der Waals surface area contributed by atoms with E-state index in [-0.39, 0.29) is 15.7 Å². The number of anilines is 1. The standard InChI is InChI=1S/C18H13ClN4O2S/c19-16-10-15-17(12-6-8-13(20)9-7-12)21-11-22-18(15)23(16)26(24,25)14-4-2-1-3-5-14/h1-11H,20H2. The number of benzene rings is 2. The van der Waals surface area contributed by atoms with Crippen LogP contribution in [0, 0.1) is 0 Å². The van der Waals surface area contributed by atoms with Gasteiger partial charge in [-0.3, -0.25) is 0 Å². The minimum absolute atomic E-state index is 0.0426. The highest BCUT2D eigenvalue weighted by Crippen LogP contribution is 2.32. The molecule has 0 unspecified atom stereocenters. The number of nitrogens with zero attached hydrogens (tertiary/aromatic N) is 3. The number of hydrogen-bond acceptors (Lipinski definition) is 5. The molecule has 130 valence electrons. The average Bonchev–Trinajstić information content (AvgIpc) is 2.99. The number of aromatic nitrogens is 3. The molecular weight excluding hydrogens is 372 g/mol. The third-order valence-corrected chi connectivity index (χ3v) is 6.07. The zero-order valence-corrected chi connectivity index (χ0v) is 14.9. The van der Waals surface area contributed by atoms with Gasteiger partial charge in [-0.25, -0.2) is 22.4 Å². The van der Waals surface area contributed by atoms with Crippen LogP contribution in [0.15, 0.2) is 71.9 Å². The van der Waals surface area contributed by atoms with Crippen molar-refractivity contribution in [3.63, 3.8) is 0 Å². The SMILES string of the molecule is Nc1ccc(-c2ncnc3c2cc(Cl)n3S(=O)(=O)c2ccccc2)cc1. The molecule has 0 aliphatic carbocycles. The summed E-state index contributed by atoms with van der Waals surface area (Å²) in [6, 6.07) is 16.8. The molecule has 8 heteroatoms. The summed E-state index contributed by atoms with van der Waals surface area (Å²) in [5.41, 5.74) is 7.95. The first-order valence-corrected chi connectivity index (χ1v) is 9.49. The summed E-state index contributed by atoms with van der Waals surface area (Å²) < 4.78 is 27.1. The van der Waals surface area contributed by atoms with Gasteiger partial charge in [-0.1, -0.05) is 41.9 Å². The quantitative estimate of drug-likeness (QED) is 0.545. The predicted molar refractivity (Wildman–Crippen MR) is 101 cm³/mol. The maximum Gasteiger partial charge on any atom is 0.270 e. The van der Waals surface area contributed by atoms with Gasteiger partial charge in [0.2, 0.25) is 0 Å². The average molecular weight is 385 g/mol. The highest BCUT2D eigenvalue weighted by molar-refractivity contribution is 7.90. The van der Waals surface area contributed by atoms with Crippen molar-refractivity contribution in [1.29, 1.82) is 0 Å². The fourth-order valence-corrected chi connectivity index (χ4v) is 4.59. The molecule has 0 radical (unpaired) electrons. The van der Waals surface area contributed by atoms with E-state index in [0.717, 1.165) is 9.54 Å². The van der Waals surface area contributed by atoms with Gasteiger partial charge >= 0.3 is 0 Å². The number of halogens is 1. The Morgan fingerprint density at radius 1 is 0.962 bits per heavy atom. The highest BCUT2D eigenvalue weighted by atomic mass is 35.5.